The molecule has 0 radical (unpaired) electrons. The van der Waals surface area contributed by atoms with Gasteiger partial charge in [0.1, 0.15) is 17.5 Å². The summed E-state index contributed by atoms with van der Waals surface area (Å²) in [7, 11) is 0. The molecular formula is C14H24N4. The van der Waals surface area contributed by atoms with Crippen LogP contribution in [0.1, 0.15) is 38.9 Å². The van der Waals surface area contributed by atoms with Gasteiger partial charge in [-0.1, -0.05) is 13.8 Å². The molecule has 4 nitrogen and oxygen atoms in total. The SMILES string of the molecule is CCCNc1cc(N2CCCC(C)C2)nc(C)n1. The molecule has 4 heteroatoms. The van der Waals surface area contributed by atoms with Gasteiger partial charge in [-0.3, -0.25) is 0 Å². The van der Waals surface area contributed by atoms with Gasteiger partial charge < -0.3 is 10.2 Å². The summed E-state index contributed by atoms with van der Waals surface area (Å²) in [6, 6.07) is 2.08. The number of hydrogen-bond acceptors (Lipinski definition) is 4. The second-order valence-electron chi connectivity index (χ2n) is 5.28. The van der Waals surface area contributed by atoms with Gasteiger partial charge in [0.2, 0.25) is 0 Å². The van der Waals surface area contributed by atoms with Gasteiger partial charge in [0, 0.05) is 25.7 Å². The number of rotatable bonds is 4. The molecule has 2 rings (SSSR count). The van der Waals surface area contributed by atoms with E-state index in [0.717, 1.165) is 49.4 Å². The molecule has 0 spiro atoms. The highest BCUT2D eigenvalue weighted by Crippen LogP contribution is 2.23. The first kappa shape index (κ1) is 13.1. The lowest BCUT2D eigenvalue weighted by atomic mass is 10.0. The molecule has 0 aliphatic carbocycles. The smallest absolute Gasteiger partial charge is 0.134 e. The van der Waals surface area contributed by atoms with Crippen molar-refractivity contribution in [2.75, 3.05) is 29.9 Å². The van der Waals surface area contributed by atoms with Crippen molar-refractivity contribution in [3.05, 3.63) is 11.9 Å². The maximum absolute atomic E-state index is 4.57. The molecule has 1 aromatic heterocycles. The van der Waals surface area contributed by atoms with Crippen molar-refractivity contribution in [2.45, 2.75) is 40.0 Å². The van der Waals surface area contributed by atoms with Crippen LogP contribution in [-0.2, 0) is 0 Å². The minimum absolute atomic E-state index is 0.765. The Balaban J connectivity index is 2.13. The third kappa shape index (κ3) is 3.34. The molecule has 1 atom stereocenters. The summed E-state index contributed by atoms with van der Waals surface area (Å²) < 4.78 is 0. The van der Waals surface area contributed by atoms with Gasteiger partial charge in [0.05, 0.1) is 0 Å². The van der Waals surface area contributed by atoms with Crippen LogP contribution in [0.4, 0.5) is 11.6 Å². The molecule has 1 aliphatic rings. The third-order valence-electron chi connectivity index (χ3n) is 3.36. The van der Waals surface area contributed by atoms with E-state index in [0.29, 0.717) is 0 Å². The van der Waals surface area contributed by atoms with Crippen molar-refractivity contribution in [1.29, 1.82) is 0 Å². The van der Waals surface area contributed by atoms with Gasteiger partial charge in [0.25, 0.3) is 0 Å². The maximum atomic E-state index is 4.57. The molecule has 1 unspecified atom stereocenters. The number of aryl methyl sites for hydroxylation is 1. The van der Waals surface area contributed by atoms with E-state index in [-0.39, 0.29) is 0 Å². The number of aromatic nitrogens is 2. The predicted molar refractivity (Wildman–Crippen MR) is 76.2 cm³/mol. The normalized spacial score (nSPS) is 19.9. The second-order valence-corrected chi connectivity index (χ2v) is 5.28. The van der Waals surface area contributed by atoms with E-state index in [9.17, 15) is 0 Å². The Morgan fingerprint density at radius 1 is 1.44 bits per heavy atom. The fourth-order valence-electron chi connectivity index (χ4n) is 2.46. The molecule has 2 heterocycles. The van der Waals surface area contributed by atoms with Gasteiger partial charge in [-0.05, 0) is 32.1 Å². The van der Waals surface area contributed by atoms with E-state index >= 15 is 0 Å². The van der Waals surface area contributed by atoms with E-state index in [2.05, 4.69) is 40.1 Å². The van der Waals surface area contributed by atoms with Crippen molar-refractivity contribution in [3.8, 4) is 0 Å². The van der Waals surface area contributed by atoms with Crippen LogP contribution in [0.2, 0.25) is 0 Å². The molecule has 0 bridgehead atoms. The summed E-state index contributed by atoms with van der Waals surface area (Å²) in [6.45, 7) is 9.64. The molecule has 1 fully saturated rings. The number of hydrogen-bond donors (Lipinski definition) is 1. The van der Waals surface area contributed by atoms with E-state index in [1.54, 1.807) is 0 Å². The van der Waals surface area contributed by atoms with Crippen molar-refractivity contribution < 1.29 is 0 Å². The standard InChI is InChI=1S/C14H24N4/c1-4-7-15-13-9-14(17-12(3)16-13)18-8-5-6-11(2)10-18/h9,11H,4-8,10H2,1-3H3,(H,15,16,17). The molecule has 1 saturated heterocycles. The van der Waals surface area contributed by atoms with Gasteiger partial charge >= 0.3 is 0 Å². The zero-order valence-electron chi connectivity index (χ0n) is 11.7. The first-order chi connectivity index (χ1) is 8.69. The number of anilines is 2. The summed E-state index contributed by atoms with van der Waals surface area (Å²) in [5.74, 6) is 3.65. The van der Waals surface area contributed by atoms with E-state index < -0.39 is 0 Å². The van der Waals surface area contributed by atoms with Gasteiger partial charge in [-0.15, -0.1) is 0 Å². The minimum atomic E-state index is 0.765. The first-order valence-electron chi connectivity index (χ1n) is 7.03. The number of nitrogens with one attached hydrogen (secondary N) is 1. The zero-order valence-corrected chi connectivity index (χ0v) is 11.7. The highest BCUT2D eigenvalue weighted by molar-refractivity contribution is 5.49. The lowest BCUT2D eigenvalue weighted by Gasteiger charge is -2.32. The fraction of sp³-hybridized carbons (Fsp3) is 0.714. The molecule has 1 aliphatic heterocycles. The third-order valence-corrected chi connectivity index (χ3v) is 3.36. The minimum Gasteiger partial charge on any atom is -0.370 e. The van der Waals surface area contributed by atoms with Gasteiger partial charge in [-0.25, -0.2) is 9.97 Å². The Morgan fingerprint density at radius 2 is 2.28 bits per heavy atom. The topological polar surface area (TPSA) is 41.0 Å². The van der Waals surface area contributed by atoms with Gasteiger partial charge in [0.15, 0.2) is 0 Å². The van der Waals surface area contributed by atoms with Crippen LogP contribution in [0.25, 0.3) is 0 Å². The molecule has 18 heavy (non-hydrogen) atoms. The average molecular weight is 248 g/mol. The highest BCUT2D eigenvalue weighted by Gasteiger charge is 2.18. The van der Waals surface area contributed by atoms with Crippen LogP contribution in [-0.4, -0.2) is 29.6 Å². The lowest BCUT2D eigenvalue weighted by Crippen LogP contribution is -2.35. The monoisotopic (exact) mass is 248 g/mol. The Hall–Kier alpha value is -1.32. The number of piperidine rings is 1. The molecule has 1 N–H and O–H groups in total. The molecule has 0 amide bonds. The van der Waals surface area contributed by atoms with Crippen LogP contribution < -0.4 is 10.2 Å². The average Bonchev–Trinajstić information content (AvgIpc) is 2.36. The van der Waals surface area contributed by atoms with Crippen LogP contribution in [0.5, 0.6) is 0 Å². The van der Waals surface area contributed by atoms with E-state index in [4.69, 9.17) is 0 Å². The van der Waals surface area contributed by atoms with Crippen molar-refractivity contribution in [2.24, 2.45) is 5.92 Å². The summed E-state index contributed by atoms with van der Waals surface area (Å²) in [5, 5.41) is 3.35. The van der Waals surface area contributed by atoms with E-state index in [1.165, 1.54) is 12.8 Å². The predicted octanol–water partition coefficient (Wildman–Crippen LogP) is 2.84. The molecule has 1 aromatic rings. The number of nitrogens with zero attached hydrogens (tertiary/aromatic N) is 3. The van der Waals surface area contributed by atoms with Crippen LogP contribution in [0, 0.1) is 12.8 Å². The van der Waals surface area contributed by atoms with Crippen molar-refractivity contribution in [3.63, 3.8) is 0 Å². The Labute approximate surface area is 110 Å². The summed E-state index contributed by atoms with van der Waals surface area (Å²) in [5.41, 5.74) is 0. The van der Waals surface area contributed by atoms with Crippen molar-refractivity contribution >= 4 is 11.6 Å². The zero-order chi connectivity index (χ0) is 13.0. The van der Waals surface area contributed by atoms with Crippen molar-refractivity contribution in [1.82, 2.24) is 9.97 Å². The highest BCUT2D eigenvalue weighted by atomic mass is 15.2. The molecule has 100 valence electrons. The van der Waals surface area contributed by atoms with E-state index in [1.807, 2.05) is 6.92 Å². The molecule has 0 saturated carbocycles. The molecular weight excluding hydrogens is 224 g/mol. The maximum Gasteiger partial charge on any atom is 0.134 e. The fourth-order valence-corrected chi connectivity index (χ4v) is 2.46. The Bertz CT molecular complexity index is 391. The largest absolute Gasteiger partial charge is 0.370 e. The Morgan fingerprint density at radius 3 is 3.00 bits per heavy atom. The van der Waals surface area contributed by atoms with Crippen LogP contribution in [0.3, 0.4) is 0 Å². The van der Waals surface area contributed by atoms with Gasteiger partial charge in [-0.2, -0.15) is 0 Å². The summed E-state index contributed by atoms with van der Waals surface area (Å²) in [6.07, 6.45) is 3.71. The van der Waals surface area contributed by atoms with Crippen LogP contribution in [0.15, 0.2) is 6.07 Å². The summed E-state index contributed by atoms with van der Waals surface area (Å²) >= 11 is 0. The first-order valence-corrected chi connectivity index (χ1v) is 7.03. The quantitative estimate of drug-likeness (QED) is 0.889. The Kier molecular flexibility index (Phi) is 4.39. The molecule has 0 aromatic carbocycles. The van der Waals surface area contributed by atoms with Crippen LogP contribution >= 0.6 is 0 Å². The lowest BCUT2D eigenvalue weighted by molar-refractivity contribution is 0.444. The second kappa shape index (κ2) is 6.03. The summed E-state index contributed by atoms with van der Waals surface area (Å²) in [4.78, 5) is 11.4.